The third kappa shape index (κ3) is 2.10. The molecule has 25 heavy (non-hydrogen) atoms. The van der Waals surface area contributed by atoms with E-state index < -0.39 is 5.60 Å². The minimum Gasteiger partial charge on any atom is -0.377 e. The molecule has 3 nitrogen and oxygen atoms in total. The third-order valence-corrected chi connectivity index (χ3v) is 8.46. The van der Waals surface area contributed by atoms with Gasteiger partial charge in [0.05, 0.1) is 5.60 Å². The van der Waals surface area contributed by atoms with Crippen LogP contribution in [-0.4, -0.2) is 29.2 Å². The molecule has 136 valence electrons. The third-order valence-electron chi connectivity index (χ3n) is 8.46. The second-order valence-corrected chi connectivity index (χ2v) is 8.84. The smallest absolute Gasteiger partial charge is 0.149 e. The Balaban J connectivity index is 1.68. The standard InChI is InChI=1S/C22H30O3/c1-4-20-11-8-17-16(18(20)10-13-22(20,24)5-2)9-12-21(25-3)14-15(23)6-7-19(17)21/h2,10,13,16-19,24H,4,6-9,11-12,14H2,1,3H3/t16-,17+,18+,19-,20+,21-,22+/m1/s1. The highest BCUT2D eigenvalue weighted by molar-refractivity contribution is 5.80. The van der Waals surface area contributed by atoms with Gasteiger partial charge < -0.3 is 9.84 Å². The van der Waals surface area contributed by atoms with Crippen molar-refractivity contribution in [2.45, 2.75) is 69.5 Å². The Morgan fingerprint density at radius 3 is 2.76 bits per heavy atom. The highest BCUT2D eigenvalue weighted by Gasteiger charge is 2.63. The van der Waals surface area contributed by atoms with Crippen molar-refractivity contribution in [2.24, 2.45) is 29.1 Å². The molecular formula is C22H30O3. The molecule has 3 fully saturated rings. The monoisotopic (exact) mass is 342 g/mol. The maximum atomic E-state index is 12.1. The lowest BCUT2D eigenvalue weighted by atomic mass is 9.47. The second-order valence-electron chi connectivity index (χ2n) is 8.84. The molecule has 3 heteroatoms. The topological polar surface area (TPSA) is 46.5 Å². The molecular weight excluding hydrogens is 312 g/mol. The highest BCUT2D eigenvalue weighted by atomic mass is 16.5. The van der Waals surface area contributed by atoms with Crippen LogP contribution in [0.25, 0.3) is 0 Å². The largest absolute Gasteiger partial charge is 0.377 e. The van der Waals surface area contributed by atoms with E-state index in [1.54, 1.807) is 7.11 Å². The van der Waals surface area contributed by atoms with Crippen molar-refractivity contribution in [3.05, 3.63) is 12.2 Å². The molecule has 0 aromatic rings. The van der Waals surface area contributed by atoms with Gasteiger partial charge in [0.15, 0.2) is 0 Å². The lowest BCUT2D eigenvalue weighted by Crippen LogP contribution is -2.59. The molecule has 0 aromatic heterocycles. The summed E-state index contributed by atoms with van der Waals surface area (Å²) in [7, 11) is 1.79. The van der Waals surface area contributed by atoms with Crippen molar-refractivity contribution in [3.8, 4) is 12.3 Å². The number of allylic oxidation sites excluding steroid dienone is 1. The van der Waals surface area contributed by atoms with Gasteiger partial charge in [-0.15, -0.1) is 6.42 Å². The summed E-state index contributed by atoms with van der Waals surface area (Å²) in [5.41, 5.74) is -1.55. The Morgan fingerprint density at radius 2 is 2.08 bits per heavy atom. The van der Waals surface area contributed by atoms with E-state index in [0.717, 1.165) is 38.5 Å². The zero-order valence-electron chi connectivity index (χ0n) is 15.5. The molecule has 1 N–H and O–H groups in total. The number of hydrogen-bond acceptors (Lipinski definition) is 3. The molecule has 4 rings (SSSR count). The van der Waals surface area contributed by atoms with Crippen LogP contribution in [0.3, 0.4) is 0 Å². The summed E-state index contributed by atoms with van der Waals surface area (Å²) < 4.78 is 6.01. The van der Waals surface area contributed by atoms with Gasteiger partial charge in [0, 0.05) is 25.4 Å². The van der Waals surface area contributed by atoms with Gasteiger partial charge in [-0.05, 0) is 68.3 Å². The molecule has 0 aliphatic heterocycles. The Morgan fingerprint density at radius 1 is 1.32 bits per heavy atom. The van der Waals surface area contributed by atoms with E-state index in [0.29, 0.717) is 42.3 Å². The van der Waals surface area contributed by atoms with Crippen LogP contribution in [-0.2, 0) is 9.53 Å². The summed E-state index contributed by atoms with van der Waals surface area (Å²) in [6.07, 6.45) is 17.1. The lowest BCUT2D eigenvalue weighted by Gasteiger charge is -2.59. The van der Waals surface area contributed by atoms with Gasteiger partial charge in [0.25, 0.3) is 0 Å². The number of aliphatic hydroxyl groups is 1. The normalized spacial score (nSPS) is 51.4. The summed E-state index contributed by atoms with van der Waals surface area (Å²) in [5, 5.41) is 11.1. The van der Waals surface area contributed by atoms with E-state index in [1.165, 1.54) is 0 Å². The first-order chi connectivity index (χ1) is 12.0. The average molecular weight is 342 g/mol. The summed E-state index contributed by atoms with van der Waals surface area (Å²) in [6, 6.07) is 0. The minimum absolute atomic E-state index is 0.208. The van der Waals surface area contributed by atoms with Gasteiger partial charge in [0.2, 0.25) is 0 Å². The molecule has 7 atom stereocenters. The van der Waals surface area contributed by atoms with Gasteiger partial charge in [0.1, 0.15) is 11.4 Å². The fourth-order valence-electron chi connectivity index (χ4n) is 7.18. The first-order valence-electron chi connectivity index (χ1n) is 9.91. The van der Waals surface area contributed by atoms with Gasteiger partial charge in [-0.25, -0.2) is 0 Å². The zero-order chi connectivity index (χ0) is 17.9. The molecule has 0 saturated heterocycles. The fourth-order valence-corrected chi connectivity index (χ4v) is 7.18. The van der Waals surface area contributed by atoms with Gasteiger partial charge in [-0.1, -0.05) is 18.9 Å². The number of ether oxygens (including phenoxy) is 1. The number of ketones is 1. The summed E-state index contributed by atoms with van der Waals surface area (Å²) in [5.74, 6) is 5.02. The van der Waals surface area contributed by atoms with Gasteiger partial charge in [-0.2, -0.15) is 0 Å². The molecule has 4 aliphatic carbocycles. The van der Waals surface area contributed by atoms with Gasteiger partial charge >= 0.3 is 0 Å². The quantitative estimate of drug-likeness (QED) is 0.617. The molecule has 0 aromatic carbocycles. The second kappa shape index (κ2) is 5.69. The number of rotatable bonds is 2. The average Bonchev–Trinajstić information content (AvgIpc) is 2.95. The van der Waals surface area contributed by atoms with Crippen molar-refractivity contribution in [1.82, 2.24) is 0 Å². The Hall–Kier alpha value is -1.11. The van der Waals surface area contributed by atoms with Crippen LogP contribution in [0.2, 0.25) is 0 Å². The Labute approximate surface area is 151 Å². The molecule has 0 bridgehead atoms. The summed E-state index contributed by atoms with van der Waals surface area (Å²) in [6.45, 7) is 2.17. The van der Waals surface area contributed by atoms with Crippen molar-refractivity contribution >= 4 is 5.78 Å². The number of hydrogen-bond donors (Lipinski definition) is 1. The zero-order valence-corrected chi connectivity index (χ0v) is 15.5. The van der Waals surface area contributed by atoms with Crippen molar-refractivity contribution in [3.63, 3.8) is 0 Å². The van der Waals surface area contributed by atoms with Crippen LogP contribution in [0, 0.1) is 41.4 Å². The first kappa shape index (κ1) is 17.3. The van der Waals surface area contributed by atoms with Crippen molar-refractivity contribution < 1.29 is 14.6 Å². The van der Waals surface area contributed by atoms with E-state index in [4.69, 9.17) is 11.2 Å². The number of terminal acetylenes is 1. The van der Waals surface area contributed by atoms with Crippen LogP contribution in [0.5, 0.6) is 0 Å². The molecule has 3 saturated carbocycles. The summed E-state index contributed by atoms with van der Waals surface area (Å²) in [4.78, 5) is 12.1. The minimum atomic E-state index is -1.10. The number of Topliss-reactive ketones (excluding diaryl/α,β-unsaturated/α-hetero) is 1. The highest BCUT2D eigenvalue weighted by Crippen LogP contribution is 2.65. The predicted octanol–water partition coefficient (Wildman–Crippen LogP) is 3.51. The van der Waals surface area contributed by atoms with E-state index in [2.05, 4.69) is 18.9 Å². The Bertz CT molecular complexity index is 646. The first-order valence-corrected chi connectivity index (χ1v) is 9.91. The number of methoxy groups -OCH3 is 1. The Kier molecular flexibility index (Phi) is 3.94. The van der Waals surface area contributed by atoms with E-state index in [1.807, 2.05) is 6.08 Å². The molecule has 4 aliphatic rings. The van der Waals surface area contributed by atoms with Crippen LogP contribution in [0.1, 0.15) is 58.3 Å². The molecule has 0 spiro atoms. The van der Waals surface area contributed by atoms with Crippen LogP contribution in [0.4, 0.5) is 0 Å². The maximum absolute atomic E-state index is 12.1. The van der Waals surface area contributed by atoms with Crippen LogP contribution < -0.4 is 0 Å². The van der Waals surface area contributed by atoms with Crippen molar-refractivity contribution in [1.29, 1.82) is 0 Å². The van der Waals surface area contributed by atoms with E-state index in [-0.39, 0.29) is 11.0 Å². The molecule has 0 radical (unpaired) electrons. The lowest BCUT2D eigenvalue weighted by molar-refractivity contribution is -0.179. The SMILES string of the molecule is C#C[C@]1(O)C=C[C@H]2[C@@H]3CC[C@@]4(OC)CC(=O)CC[C@@H]4[C@H]3CC[C@@]21CC. The van der Waals surface area contributed by atoms with Crippen LogP contribution >= 0.6 is 0 Å². The van der Waals surface area contributed by atoms with E-state index in [9.17, 15) is 9.90 Å². The molecule has 0 heterocycles. The predicted molar refractivity (Wildman–Crippen MR) is 96.7 cm³/mol. The molecule has 0 amide bonds. The number of carbonyl (C=O) groups excluding carboxylic acids is 1. The molecule has 0 unspecified atom stereocenters. The van der Waals surface area contributed by atoms with Crippen molar-refractivity contribution in [2.75, 3.05) is 7.11 Å². The van der Waals surface area contributed by atoms with E-state index >= 15 is 0 Å². The summed E-state index contributed by atoms with van der Waals surface area (Å²) >= 11 is 0. The number of carbonyl (C=O) groups is 1. The fraction of sp³-hybridized carbons (Fsp3) is 0.773. The maximum Gasteiger partial charge on any atom is 0.149 e. The number of fused-ring (bicyclic) bond motifs is 5. The van der Waals surface area contributed by atoms with Crippen LogP contribution in [0.15, 0.2) is 12.2 Å². The van der Waals surface area contributed by atoms with Gasteiger partial charge in [-0.3, -0.25) is 4.79 Å².